The molecule has 9 nitrogen and oxygen atoms in total. The molecule has 1 aliphatic heterocycles. The Balaban J connectivity index is 1.69. The van der Waals surface area contributed by atoms with E-state index in [1.165, 1.54) is 13.2 Å². The third-order valence-electron chi connectivity index (χ3n) is 5.68. The number of halogens is 1. The maximum atomic E-state index is 14.9. The number of fused-ring (bicyclic) bond motifs is 1. The maximum Gasteiger partial charge on any atom is 0.228 e. The van der Waals surface area contributed by atoms with E-state index in [1.54, 1.807) is 23.9 Å². The summed E-state index contributed by atoms with van der Waals surface area (Å²) >= 11 is 0. The van der Waals surface area contributed by atoms with Crippen LogP contribution in [0, 0.1) is 5.82 Å². The fourth-order valence-corrected chi connectivity index (χ4v) is 3.77. The molecule has 0 atom stereocenters. The minimum absolute atomic E-state index is 0.346. The van der Waals surface area contributed by atoms with Crippen LogP contribution in [0.25, 0.3) is 22.3 Å². The number of anilines is 2. The Morgan fingerprint density at radius 1 is 1.16 bits per heavy atom. The van der Waals surface area contributed by atoms with Gasteiger partial charge in [-0.2, -0.15) is 10.1 Å². The number of methoxy groups -OCH3 is 1. The standard InChI is InChI=1S/C21H29FN8O/c1-27(2)7-8-29-9-11-30(12-10-29)21-24-18(15-6-5-14(31-4)13-16(15)22)17-19(23)28(3)26-20(17)25-21/h5-6,13H,7-12,23H2,1-4H3. The van der Waals surface area contributed by atoms with E-state index in [2.05, 4.69) is 38.9 Å². The number of hydrogen-bond acceptors (Lipinski definition) is 8. The SMILES string of the molecule is COc1ccc(-c2nc(N3CCN(CCN(C)C)CC3)nc3nn(C)c(N)c23)c(F)c1. The summed E-state index contributed by atoms with van der Waals surface area (Å²) in [4.78, 5) is 16.2. The molecule has 31 heavy (non-hydrogen) atoms. The predicted octanol–water partition coefficient (Wildman–Crippen LogP) is 1.44. The van der Waals surface area contributed by atoms with Crippen molar-refractivity contribution in [2.75, 3.05) is 71.1 Å². The molecule has 1 saturated heterocycles. The van der Waals surface area contributed by atoms with Crippen molar-refractivity contribution in [3.05, 3.63) is 24.0 Å². The number of benzene rings is 1. The molecule has 4 rings (SSSR count). The lowest BCUT2D eigenvalue weighted by atomic mass is 10.1. The Morgan fingerprint density at radius 3 is 2.55 bits per heavy atom. The maximum absolute atomic E-state index is 14.9. The summed E-state index contributed by atoms with van der Waals surface area (Å²) in [6.45, 7) is 5.49. The van der Waals surface area contributed by atoms with Crippen LogP contribution in [-0.2, 0) is 7.05 Å². The van der Waals surface area contributed by atoms with Gasteiger partial charge in [0.2, 0.25) is 5.95 Å². The van der Waals surface area contributed by atoms with Gasteiger partial charge in [-0.25, -0.2) is 9.37 Å². The minimum Gasteiger partial charge on any atom is -0.497 e. The first-order valence-corrected chi connectivity index (χ1v) is 10.3. The molecule has 3 aromatic rings. The van der Waals surface area contributed by atoms with Gasteiger partial charge in [0.1, 0.15) is 17.4 Å². The lowest BCUT2D eigenvalue weighted by Gasteiger charge is -2.35. The van der Waals surface area contributed by atoms with E-state index < -0.39 is 5.82 Å². The molecule has 1 fully saturated rings. The third-order valence-corrected chi connectivity index (χ3v) is 5.68. The molecule has 0 unspecified atom stereocenters. The molecule has 0 bridgehead atoms. The highest BCUT2D eigenvalue weighted by Crippen LogP contribution is 2.34. The van der Waals surface area contributed by atoms with Gasteiger partial charge in [-0.15, -0.1) is 0 Å². The van der Waals surface area contributed by atoms with Crippen LogP contribution in [0.3, 0.4) is 0 Å². The molecule has 10 heteroatoms. The van der Waals surface area contributed by atoms with Crippen molar-refractivity contribution in [2.45, 2.75) is 0 Å². The lowest BCUT2D eigenvalue weighted by molar-refractivity contribution is 0.229. The number of aromatic nitrogens is 4. The molecule has 1 aliphatic rings. The van der Waals surface area contributed by atoms with Gasteiger partial charge in [0.05, 0.1) is 18.2 Å². The number of aryl methyl sites for hydroxylation is 1. The van der Waals surface area contributed by atoms with Gasteiger partial charge >= 0.3 is 0 Å². The Hall–Kier alpha value is -2.98. The van der Waals surface area contributed by atoms with Crippen LogP contribution in [0.15, 0.2) is 18.2 Å². The number of ether oxygens (including phenoxy) is 1. The highest BCUT2D eigenvalue weighted by atomic mass is 19.1. The summed E-state index contributed by atoms with van der Waals surface area (Å²) < 4.78 is 21.6. The van der Waals surface area contributed by atoms with Crippen molar-refractivity contribution in [3.63, 3.8) is 0 Å². The van der Waals surface area contributed by atoms with Crippen LogP contribution in [0.5, 0.6) is 5.75 Å². The van der Waals surface area contributed by atoms with Crippen LogP contribution in [0.2, 0.25) is 0 Å². The molecule has 0 saturated carbocycles. The number of hydrogen-bond donors (Lipinski definition) is 1. The second kappa shape index (κ2) is 8.64. The van der Waals surface area contributed by atoms with E-state index >= 15 is 0 Å². The average molecular weight is 429 g/mol. The van der Waals surface area contributed by atoms with Gasteiger partial charge in [-0.1, -0.05) is 0 Å². The minimum atomic E-state index is -0.429. The summed E-state index contributed by atoms with van der Waals surface area (Å²) in [5.74, 6) is 0.963. The van der Waals surface area contributed by atoms with Crippen molar-refractivity contribution in [3.8, 4) is 17.0 Å². The monoisotopic (exact) mass is 428 g/mol. The zero-order chi connectivity index (χ0) is 22.1. The van der Waals surface area contributed by atoms with Crippen molar-refractivity contribution >= 4 is 22.8 Å². The van der Waals surface area contributed by atoms with Crippen LogP contribution < -0.4 is 15.4 Å². The topological polar surface area (TPSA) is 88.6 Å². The van der Waals surface area contributed by atoms with E-state index in [1.807, 2.05) is 0 Å². The van der Waals surface area contributed by atoms with E-state index in [4.69, 9.17) is 15.5 Å². The van der Waals surface area contributed by atoms with Gasteiger partial charge in [-0.05, 0) is 26.2 Å². The van der Waals surface area contributed by atoms with Gasteiger partial charge in [0.25, 0.3) is 0 Å². The predicted molar refractivity (Wildman–Crippen MR) is 120 cm³/mol. The summed E-state index contributed by atoms with van der Waals surface area (Å²) in [6.07, 6.45) is 0. The first-order valence-electron chi connectivity index (χ1n) is 10.3. The second-order valence-electron chi connectivity index (χ2n) is 8.06. The number of likely N-dealkylation sites (N-methyl/N-ethyl adjacent to an activating group) is 1. The fraction of sp³-hybridized carbons (Fsp3) is 0.476. The number of nitrogen functional groups attached to an aromatic ring is 1. The molecule has 0 aliphatic carbocycles. The molecule has 1 aromatic carbocycles. The van der Waals surface area contributed by atoms with Gasteiger partial charge in [0.15, 0.2) is 5.65 Å². The van der Waals surface area contributed by atoms with Crippen LogP contribution in [-0.4, -0.2) is 90.0 Å². The van der Waals surface area contributed by atoms with E-state index in [9.17, 15) is 4.39 Å². The van der Waals surface area contributed by atoms with Gasteiger partial charge in [0, 0.05) is 57.9 Å². The second-order valence-corrected chi connectivity index (χ2v) is 8.06. The van der Waals surface area contributed by atoms with E-state index in [-0.39, 0.29) is 0 Å². The third kappa shape index (κ3) is 4.26. The molecule has 3 heterocycles. The van der Waals surface area contributed by atoms with Crippen molar-refractivity contribution in [1.82, 2.24) is 29.5 Å². The molecule has 0 radical (unpaired) electrons. The van der Waals surface area contributed by atoms with Crippen molar-refractivity contribution < 1.29 is 9.13 Å². The van der Waals surface area contributed by atoms with Crippen LogP contribution in [0.4, 0.5) is 16.2 Å². The zero-order valence-corrected chi connectivity index (χ0v) is 18.5. The van der Waals surface area contributed by atoms with Crippen LogP contribution >= 0.6 is 0 Å². The number of nitrogens with zero attached hydrogens (tertiary/aromatic N) is 7. The largest absolute Gasteiger partial charge is 0.497 e. The smallest absolute Gasteiger partial charge is 0.228 e. The van der Waals surface area contributed by atoms with Gasteiger partial charge in [-0.3, -0.25) is 9.58 Å². The van der Waals surface area contributed by atoms with Crippen LogP contribution in [0.1, 0.15) is 0 Å². The van der Waals surface area contributed by atoms with Crippen molar-refractivity contribution in [2.24, 2.45) is 7.05 Å². The van der Waals surface area contributed by atoms with Gasteiger partial charge < -0.3 is 20.3 Å². The first-order chi connectivity index (χ1) is 14.9. The fourth-order valence-electron chi connectivity index (χ4n) is 3.77. The summed E-state index contributed by atoms with van der Waals surface area (Å²) in [5.41, 5.74) is 7.49. The Morgan fingerprint density at radius 2 is 1.90 bits per heavy atom. The summed E-state index contributed by atoms with van der Waals surface area (Å²) in [6, 6.07) is 4.71. The number of piperazine rings is 1. The summed E-state index contributed by atoms with van der Waals surface area (Å²) in [5, 5.41) is 4.99. The van der Waals surface area contributed by atoms with E-state index in [0.29, 0.717) is 39.8 Å². The van der Waals surface area contributed by atoms with E-state index in [0.717, 1.165) is 39.3 Å². The Bertz CT molecular complexity index is 1070. The van der Waals surface area contributed by atoms with Crippen molar-refractivity contribution in [1.29, 1.82) is 0 Å². The molecule has 166 valence electrons. The molecular weight excluding hydrogens is 399 g/mol. The Kier molecular flexibility index (Phi) is 5.92. The number of rotatable bonds is 6. The quantitative estimate of drug-likeness (QED) is 0.631. The normalized spacial score (nSPS) is 15.2. The molecular formula is C21H29FN8O. The molecule has 0 spiro atoms. The Labute approximate surface area is 181 Å². The molecule has 0 amide bonds. The highest BCUT2D eigenvalue weighted by molar-refractivity contribution is 5.99. The first kappa shape index (κ1) is 21.3. The molecule has 2 N–H and O–H groups in total. The number of nitrogens with two attached hydrogens (primary N) is 1. The lowest BCUT2D eigenvalue weighted by Crippen LogP contribution is -2.48. The zero-order valence-electron chi connectivity index (χ0n) is 18.5. The molecule has 2 aromatic heterocycles. The average Bonchev–Trinajstić information content (AvgIpc) is 3.05. The highest BCUT2D eigenvalue weighted by Gasteiger charge is 2.24. The summed E-state index contributed by atoms with van der Waals surface area (Å²) in [7, 11) is 7.41.